The minimum absolute atomic E-state index is 0.0127. The van der Waals surface area contributed by atoms with E-state index < -0.39 is 0 Å². The maximum absolute atomic E-state index is 12.7. The number of rotatable bonds is 5. The fourth-order valence-corrected chi connectivity index (χ4v) is 3.84. The second-order valence-electron chi connectivity index (χ2n) is 7.55. The third kappa shape index (κ3) is 4.06. The van der Waals surface area contributed by atoms with E-state index >= 15 is 0 Å². The highest BCUT2D eigenvalue weighted by molar-refractivity contribution is 6.05. The number of nitrogens with one attached hydrogen (secondary N) is 2. The van der Waals surface area contributed by atoms with Gasteiger partial charge in [0.1, 0.15) is 0 Å². The molecule has 2 fully saturated rings. The molecule has 1 heterocycles. The largest absolute Gasteiger partial charge is 0.350 e. The Morgan fingerprint density at radius 1 is 1.15 bits per heavy atom. The van der Waals surface area contributed by atoms with Crippen molar-refractivity contribution in [2.45, 2.75) is 58.0 Å². The van der Waals surface area contributed by atoms with Gasteiger partial charge in [-0.1, -0.05) is 25.0 Å². The lowest BCUT2D eigenvalue weighted by Gasteiger charge is -2.24. The first-order chi connectivity index (χ1) is 12.5. The molecule has 0 spiro atoms. The van der Waals surface area contributed by atoms with Gasteiger partial charge in [-0.25, -0.2) is 0 Å². The third-order valence-electron chi connectivity index (χ3n) is 5.14. The Hall–Kier alpha value is -2.37. The van der Waals surface area contributed by atoms with Crippen molar-refractivity contribution in [3.05, 3.63) is 29.8 Å². The molecule has 1 atom stereocenters. The van der Waals surface area contributed by atoms with Gasteiger partial charge in [0, 0.05) is 25.0 Å². The maximum atomic E-state index is 12.7. The third-order valence-corrected chi connectivity index (χ3v) is 5.14. The van der Waals surface area contributed by atoms with Crippen LogP contribution in [0.1, 0.15) is 56.3 Å². The molecule has 0 radical (unpaired) electrons. The number of carbonyl (C=O) groups excluding carboxylic acids is 3. The molecule has 3 amide bonds. The summed E-state index contributed by atoms with van der Waals surface area (Å²) in [6, 6.07) is 7.28. The van der Waals surface area contributed by atoms with E-state index in [4.69, 9.17) is 0 Å². The Kier molecular flexibility index (Phi) is 5.59. The van der Waals surface area contributed by atoms with Crippen molar-refractivity contribution in [2.75, 3.05) is 11.9 Å². The van der Waals surface area contributed by atoms with Gasteiger partial charge in [0.25, 0.3) is 5.91 Å². The average molecular weight is 357 g/mol. The molecular formula is C20H27N3O3. The molecule has 1 aliphatic heterocycles. The summed E-state index contributed by atoms with van der Waals surface area (Å²) in [6.45, 7) is 4.26. The number of hydrogen-bond acceptors (Lipinski definition) is 3. The van der Waals surface area contributed by atoms with Crippen LogP contribution in [0.4, 0.5) is 5.69 Å². The molecule has 6 heteroatoms. The lowest BCUT2D eigenvalue weighted by atomic mass is 10.1. The standard InChI is InChI=1S/C20H27N3O3/c1-13(2)21-20(26)16-9-5-6-10-17(16)22-19(25)14-11-18(24)23(12-14)15-7-3-4-8-15/h5-6,9-10,13-15H,3-4,7-8,11-12H2,1-2H3,(H,21,26)(H,22,25). The lowest BCUT2D eigenvalue weighted by molar-refractivity contribution is -0.129. The van der Waals surface area contributed by atoms with E-state index in [1.807, 2.05) is 18.7 Å². The Balaban J connectivity index is 1.67. The van der Waals surface area contributed by atoms with Gasteiger partial charge in [-0.05, 0) is 38.8 Å². The summed E-state index contributed by atoms with van der Waals surface area (Å²) in [5.74, 6) is -0.693. The maximum Gasteiger partial charge on any atom is 0.253 e. The van der Waals surface area contributed by atoms with Crippen molar-refractivity contribution in [3.8, 4) is 0 Å². The molecule has 1 unspecified atom stereocenters. The zero-order chi connectivity index (χ0) is 18.7. The van der Waals surface area contributed by atoms with E-state index in [0.29, 0.717) is 23.8 Å². The van der Waals surface area contributed by atoms with Gasteiger partial charge in [0.05, 0.1) is 17.2 Å². The van der Waals surface area contributed by atoms with Crippen LogP contribution in [0.25, 0.3) is 0 Å². The van der Waals surface area contributed by atoms with Gasteiger partial charge in [0.2, 0.25) is 11.8 Å². The molecule has 1 aromatic rings. The van der Waals surface area contributed by atoms with Gasteiger partial charge in [0.15, 0.2) is 0 Å². The van der Waals surface area contributed by atoms with Crippen LogP contribution in [0.2, 0.25) is 0 Å². The monoisotopic (exact) mass is 357 g/mol. The van der Waals surface area contributed by atoms with Gasteiger partial charge >= 0.3 is 0 Å². The number of carbonyl (C=O) groups is 3. The van der Waals surface area contributed by atoms with E-state index in [1.165, 1.54) is 0 Å². The van der Waals surface area contributed by atoms with Gasteiger partial charge in [-0.3, -0.25) is 14.4 Å². The smallest absolute Gasteiger partial charge is 0.253 e. The first-order valence-corrected chi connectivity index (χ1v) is 9.46. The Morgan fingerprint density at radius 2 is 1.85 bits per heavy atom. The molecule has 2 aliphatic rings. The first-order valence-electron chi connectivity index (χ1n) is 9.46. The molecule has 1 aromatic carbocycles. The molecule has 2 N–H and O–H groups in total. The highest BCUT2D eigenvalue weighted by atomic mass is 16.2. The highest BCUT2D eigenvalue weighted by Gasteiger charge is 2.38. The summed E-state index contributed by atoms with van der Waals surface area (Å²) in [7, 11) is 0. The average Bonchev–Trinajstić information content (AvgIpc) is 3.23. The number of anilines is 1. The van der Waals surface area contributed by atoms with Crippen LogP contribution in [0, 0.1) is 5.92 Å². The van der Waals surface area contributed by atoms with Crippen LogP contribution < -0.4 is 10.6 Å². The number of benzene rings is 1. The molecule has 0 bridgehead atoms. The summed E-state index contributed by atoms with van der Waals surface area (Å²) in [5, 5.41) is 5.70. The van der Waals surface area contributed by atoms with Crippen molar-refractivity contribution in [1.29, 1.82) is 0 Å². The van der Waals surface area contributed by atoms with Crippen molar-refractivity contribution >= 4 is 23.4 Å². The zero-order valence-electron chi connectivity index (χ0n) is 15.5. The molecule has 6 nitrogen and oxygen atoms in total. The second kappa shape index (κ2) is 7.89. The summed E-state index contributed by atoms with van der Waals surface area (Å²) in [6.07, 6.45) is 4.65. The summed E-state index contributed by atoms with van der Waals surface area (Å²) in [4.78, 5) is 39.2. The van der Waals surface area contributed by atoms with Crippen molar-refractivity contribution in [3.63, 3.8) is 0 Å². The highest BCUT2D eigenvalue weighted by Crippen LogP contribution is 2.30. The van der Waals surface area contributed by atoms with E-state index in [0.717, 1.165) is 25.7 Å². The first kappa shape index (κ1) is 18.4. The van der Waals surface area contributed by atoms with E-state index in [-0.39, 0.29) is 36.1 Å². The quantitative estimate of drug-likeness (QED) is 0.850. The predicted octanol–water partition coefficient (Wildman–Crippen LogP) is 2.55. The Morgan fingerprint density at radius 3 is 2.54 bits per heavy atom. The minimum atomic E-state index is -0.357. The molecule has 1 saturated carbocycles. The van der Waals surface area contributed by atoms with Crippen LogP contribution in [-0.4, -0.2) is 41.2 Å². The van der Waals surface area contributed by atoms with Crippen LogP contribution >= 0.6 is 0 Å². The van der Waals surface area contributed by atoms with E-state index in [1.54, 1.807) is 24.3 Å². The normalized spacial score (nSPS) is 20.7. The minimum Gasteiger partial charge on any atom is -0.350 e. The van der Waals surface area contributed by atoms with Crippen LogP contribution in [-0.2, 0) is 9.59 Å². The number of para-hydroxylation sites is 1. The lowest BCUT2D eigenvalue weighted by Crippen LogP contribution is -2.35. The molecular weight excluding hydrogens is 330 g/mol. The molecule has 1 saturated heterocycles. The molecule has 26 heavy (non-hydrogen) atoms. The van der Waals surface area contributed by atoms with Crippen LogP contribution in [0.3, 0.4) is 0 Å². The SMILES string of the molecule is CC(C)NC(=O)c1ccccc1NC(=O)C1CC(=O)N(C2CCCC2)C1. The topological polar surface area (TPSA) is 78.5 Å². The van der Waals surface area contributed by atoms with Crippen molar-refractivity contribution in [2.24, 2.45) is 5.92 Å². The van der Waals surface area contributed by atoms with Gasteiger partial charge in [-0.15, -0.1) is 0 Å². The zero-order valence-corrected chi connectivity index (χ0v) is 15.5. The number of likely N-dealkylation sites (tertiary alicyclic amines) is 1. The Labute approximate surface area is 154 Å². The van der Waals surface area contributed by atoms with Crippen LogP contribution in [0.5, 0.6) is 0 Å². The summed E-state index contributed by atoms with van der Waals surface area (Å²) >= 11 is 0. The van der Waals surface area contributed by atoms with Gasteiger partial charge < -0.3 is 15.5 Å². The van der Waals surface area contributed by atoms with Crippen molar-refractivity contribution in [1.82, 2.24) is 10.2 Å². The Bertz CT molecular complexity index is 695. The molecule has 0 aromatic heterocycles. The summed E-state index contributed by atoms with van der Waals surface area (Å²) in [5.41, 5.74) is 0.925. The fourth-order valence-electron chi connectivity index (χ4n) is 3.84. The second-order valence-corrected chi connectivity index (χ2v) is 7.55. The predicted molar refractivity (Wildman–Crippen MR) is 99.7 cm³/mol. The molecule has 1 aliphatic carbocycles. The van der Waals surface area contributed by atoms with Crippen molar-refractivity contribution < 1.29 is 14.4 Å². The molecule has 140 valence electrons. The van der Waals surface area contributed by atoms with E-state index in [2.05, 4.69) is 10.6 Å². The number of amides is 3. The summed E-state index contributed by atoms with van der Waals surface area (Å²) < 4.78 is 0. The van der Waals surface area contributed by atoms with Crippen LogP contribution in [0.15, 0.2) is 24.3 Å². The van der Waals surface area contributed by atoms with E-state index in [9.17, 15) is 14.4 Å². The molecule has 3 rings (SSSR count). The number of hydrogen-bond donors (Lipinski definition) is 2. The fraction of sp³-hybridized carbons (Fsp3) is 0.550. The van der Waals surface area contributed by atoms with Gasteiger partial charge in [-0.2, -0.15) is 0 Å². The number of nitrogens with zero attached hydrogens (tertiary/aromatic N) is 1.